The van der Waals surface area contributed by atoms with E-state index in [1.54, 1.807) is 14.1 Å². The maximum atomic E-state index is 11.3. The number of rotatable bonds is 6. The largest absolute Gasteiger partial charge is 0.353 e. The maximum Gasteiger partial charge on any atom is 0.236 e. The van der Waals surface area contributed by atoms with E-state index in [1.165, 1.54) is 4.90 Å². The molecule has 5 nitrogen and oxygen atoms in total. The molecule has 0 radical (unpaired) electrons. The summed E-state index contributed by atoms with van der Waals surface area (Å²) in [7, 11) is 3.37. The van der Waals surface area contributed by atoms with Gasteiger partial charge >= 0.3 is 0 Å². The fourth-order valence-corrected chi connectivity index (χ4v) is 0.869. The molecule has 0 heterocycles. The molecule has 1 atom stereocenters. The number of carbonyl (C=O) groups excluding carboxylic acids is 2. The van der Waals surface area contributed by atoms with Crippen molar-refractivity contribution in [1.82, 2.24) is 15.5 Å². The summed E-state index contributed by atoms with van der Waals surface area (Å²) in [6.45, 7) is 4.33. The number of nitrogens with zero attached hydrogens (tertiary/aromatic N) is 1. The van der Waals surface area contributed by atoms with Gasteiger partial charge in [-0.2, -0.15) is 0 Å². The van der Waals surface area contributed by atoms with Crippen molar-refractivity contribution in [1.29, 1.82) is 0 Å². The predicted molar refractivity (Wildman–Crippen MR) is 59.5 cm³/mol. The molecule has 1 unspecified atom stereocenters. The Morgan fingerprint density at radius 2 is 1.87 bits per heavy atom. The first-order valence-corrected chi connectivity index (χ1v) is 5.17. The van der Waals surface area contributed by atoms with Gasteiger partial charge in [0.2, 0.25) is 11.8 Å². The Morgan fingerprint density at radius 3 is 2.33 bits per heavy atom. The van der Waals surface area contributed by atoms with Crippen molar-refractivity contribution in [3.63, 3.8) is 0 Å². The van der Waals surface area contributed by atoms with Crippen LogP contribution in [-0.4, -0.2) is 49.9 Å². The van der Waals surface area contributed by atoms with Crippen molar-refractivity contribution in [2.75, 3.05) is 27.2 Å². The molecule has 15 heavy (non-hydrogen) atoms. The third kappa shape index (κ3) is 6.90. The van der Waals surface area contributed by atoms with Crippen LogP contribution in [0.3, 0.4) is 0 Å². The first-order valence-electron chi connectivity index (χ1n) is 5.17. The molecule has 0 aliphatic carbocycles. The second-order valence-electron chi connectivity index (χ2n) is 3.77. The van der Waals surface area contributed by atoms with Gasteiger partial charge in [-0.25, -0.2) is 0 Å². The van der Waals surface area contributed by atoms with Gasteiger partial charge in [0.15, 0.2) is 0 Å². The van der Waals surface area contributed by atoms with E-state index in [9.17, 15) is 9.59 Å². The van der Waals surface area contributed by atoms with Gasteiger partial charge in [0.25, 0.3) is 0 Å². The van der Waals surface area contributed by atoms with Crippen molar-refractivity contribution in [2.45, 2.75) is 26.3 Å². The zero-order chi connectivity index (χ0) is 11.8. The van der Waals surface area contributed by atoms with Crippen LogP contribution in [-0.2, 0) is 9.59 Å². The molecule has 0 aromatic carbocycles. The van der Waals surface area contributed by atoms with E-state index in [0.717, 1.165) is 6.42 Å². The summed E-state index contributed by atoms with van der Waals surface area (Å²) >= 11 is 0. The average Bonchev–Trinajstić information content (AvgIpc) is 2.17. The topological polar surface area (TPSA) is 61.4 Å². The molecule has 0 saturated carbocycles. The Hall–Kier alpha value is -1.10. The van der Waals surface area contributed by atoms with Crippen molar-refractivity contribution >= 4 is 11.8 Å². The van der Waals surface area contributed by atoms with Crippen LogP contribution in [0.1, 0.15) is 20.3 Å². The van der Waals surface area contributed by atoms with Crippen LogP contribution in [0.15, 0.2) is 0 Å². The van der Waals surface area contributed by atoms with Crippen molar-refractivity contribution < 1.29 is 9.59 Å². The van der Waals surface area contributed by atoms with Crippen LogP contribution >= 0.6 is 0 Å². The predicted octanol–water partition coefficient (Wildman–Crippen LogP) is -0.421. The minimum absolute atomic E-state index is 0.0358. The number of carbonyl (C=O) groups is 2. The van der Waals surface area contributed by atoms with Gasteiger partial charge in [-0.1, -0.05) is 6.92 Å². The van der Waals surface area contributed by atoms with Gasteiger partial charge in [0, 0.05) is 20.1 Å². The molecule has 0 aliphatic heterocycles. The molecular formula is C10H21N3O2. The lowest BCUT2D eigenvalue weighted by Crippen LogP contribution is -2.41. The van der Waals surface area contributed by atoms with Gasteiger partial charge in [-0.3, -0.25) is 14.9 Å². The Kier molecular flexibility index (Phi) is 6.70. The summed E-state index contributed by atoms with van der Waals surface area (Å²) in [5.41, 5.74) is 0. The molecule has 0 fully saturated rings. The SMILES string of the molecule is CCC(C)NC(=O)CNCC(=O)N(C)C. The molecule has 0 aromatic heterocycles. The summed E-state index contributed by atoms with van der Waals surface area (Å²) in [5.74, 6) is -0.109. The number of likely N-dealkylation sites (N-methyl/N-ethyl adjacent to an activating group) is 1. The first kappa shape index (κ1) is 13.9. The molecule has 2 N–H and O–H groups in total. The fourth-order valence-electron chi connectivity index (χ4n) is 0.869. The number of hydrogen-bond donors (Lipinski definition) is 2. The normalized spacial score (nSPS) is 12.0. The van der Waals surface area contributed by atoms with Crippen LogP contribution < -0.4 is 10.6 Å². The van der Waals surface area contributed by atoms with Crippen LogP contribution in [0.25, 0.3) is 0 Å². The summed E-state index contributed by atoms with van der Waals surface area (Å²) in [4.78, 5) is 23.9. The van der Waals surface area contributed by atoms with Crippen LogP contribution in [0.5, 0.6) is 0 Å². The van der Waals surface area contributed by atoms with Crippen LogP contribution in [0.4, 0.5) is 0 Å². The standard InChI is InChI=1S/C10H21N3O2/c1-5-8(2)12-9(14)6-11-7-10(15)13(3)4/h8,11H,5-7H2,1-4H3,(H,12,14). The highest BCUT2D eigenvalue weighted by atomic mass is 16.2. The fraction of sp³-hybridized carbons (Fsp3) is 0.800. The van der Waals surface area contributed by atoms with E-state index in [-0.39, 0.29) is 30.9 Å². The van der Waals surface area contributed by atoms with Gasteiger partial charge in [0.1, 0.15) is 0 Å². The lowest BCUT2D eigenvalue weighted by atomic mass is 10.2. The maximum absolute atomic E-state index is 11.3. The van der Waals surface area contributed by atoms with E-state index in [1.807, 2.05) is 13.8 Å². The Morgan fingerprint density at radius 1 is 1.27 bits per heavy atom. The van der Waals surface area contributed by atoms with Crippen molar-refractivity contribution in [3.05, 3.63) is 0 Å². The zero-order valence-electron chi connectivity index (χ0n) is 9.96. The number of amides is 2. The third-order valence-corrected chi connectivity index (χ3v) is 2.08. The van der Waals surface area contributed by atoms with E-state index >= 15 is 0 Å². The van der Waals surface area contributed by atoms with Crippen LogP contribution in [0, 0.1) is 0 Å². The first-order chi connectivity index (χ1) is 6.97. The van der Waals surface area contributed by atoms with E-state index < -0.39 is 0 Å². The van der Waals surface area contributed by atoms with E-state index in [0.29, 0.717) is 0 Å². The highest BCUT2D eigenvalue weighted by molar-refractivity contribution is 5.81. The molecule has 5 heteroatoms. The second kappa shape index (κ2) is 7.23. The molecule has 0 aliphatic rings. The third-order valence-electron chi connectivity index (χ3n) is 2.08. The molecule has 2 amide bonds. The number of hydrogen-bond acceptors (Lipinski definition) is 3. The molecule has 0 saturated heterocycles. The molecule has 0 aromatic rings. The second-order valence-corrected chi connectivity index (χ2v) is 3.77. The molecule has 0 bridgehead atoms. The number of nitrogens with one attached hydrogen (secondary N) is 2. The Labute approximate surface area is 91.2 Å². The highest BCUT2D eigenvalue weighted by Gasteiger charge is 2.07. The van der Waals surface area contributed by atoms with Crippen LogP contribution in [0.2, 0.25) is 0 Å². The minimum atomic E-state index is -0.0732. The zero-order valence-corrected chi connectivity index (χ0v) is 9.96. The minimum Gasteiger partial charge on any atom is -0.353 e. The lowest BCUT2D eigenvalue weighted by Gasteiger charge is -2.13. The molecule has 0 rings (SSSR count). The lowest BCUT2D eigenvalue weighted by molar-refractivity contribution is -0.127. The Balaban J connectivity index is 3.60. The van der Waals surface area contributed by atoms with Crippen molar-refractivity contribution in [2.24, 2.45) is 0 Å². The highest BCUT2D eigenvalue weighted by Crippen LogP contribution is 1.86. The van der Waals surface area contributed by atoms with Gasteiger partial charge in [0.05, 0.1) is 13.1 Å². The summed E-state index contributed by atoms with van der Waals surface area (Å²) in [6, 6.07) is 0.184. The quantitative estimate of drug-likeness (QED) is 0.632. The average molecular weight is 215 g/mol. The van der Waals surface area contributed by atoms with Gasteiger partial charge < -0.3 is 10.2 Å². The monoisotopic (exact) mass is 215 g/mol. The van der Waals surface area contributed by atoms with E-state index in [4.69, 9.17) is 0 Å². The smallest absolute Gasteiger partial charge is 0.236 e. The molecule has 0 spiro atoms. The van der Waals surface area contributed by atoms with Crippen molar-refractivity contribution in [3.8, 4) is 0 Å². The summed E-state index contributed by atoms with van der Waals surface area (Å²) in [6.07, 6.45) is 0.905. The molecular weight excluding hydrogens is 194 g/mol. The van der Waals surface area contributed by atoms with Gasteiger partial charge in [-0.05, 0) is 13.3 Å². The Bertz CT molecular complexity index is 217. The summed E-state index contributed by atoms with van der Waals surface area (Å²) in [5, 5.41) is 5.60. The van der Waals surface area contributed by atoms with E-state index in [2.05, 4.69) is 10.6 Å². The van der Waals surface area contributed by atoms with Gasteiger partial charge in [-0.15, -0.1) is 0 Å². The summed E-state index contributed by atoms with van der Waals surface area (Å²) < 4.78 is 0. The molecule has 88 valence electrons.